The van der Waals surface area contributed by atoms with Crippen LogP contribution in [0.4, 0.5) is 11.1 Å². The van der Waals surface area contributed by atoms with E-state index in [0.29, 0.717) is 0 Å². The van der Waals surface area contributed by atoms with Gasteiger partial charge in [0.15, 0.2) is 10.8 Å². The number of anilines is 2. The number of carboxylic acids is 1. The molecule has 29 heavy (non-hydrogen) atoms. The van der Waals surface area contributed by atoms with E-state index in [4.69, 9.17) is 15.7 Å². The van der Waals surface area contributed by atoms with E-state index in [1.165, 1.54) is 24.1 Å². The second-order valence-corrected chi connectivity index (χ2v) is 7.42. The highest BCUT2D eigenvalue weighted by molar-refractivity contribution is 7.13. The fourth-order valence-electron chi connectivity index (χ4n) is 2.35. The number of aromatic nitrogens is 5. The van der Waals surface area contributed by atoms with E-state index in [9.17, 15) is 14.4 Å². The lowest BCUT2D eigenvalue weighted by molar-refractivity contribution is -0.161. The number of nitrogens with one attached hydrogen (secondary N) is 2. The second-order valence-electron chi connectivity index (χ2n) is 6.53. The summed E-state index contributed by atoms with van der Waals surface area (Å²) in [7, 11) is 0. The Kier molecular flexibility index (Phi) is 5.15. The average Bonchev–Trinajstić information content (AvgIpc) is 3.32. The molecule has 2 amide bonds. The molecule has 1 aliphatic heterocycles. The van der Waals surface area contributed by atoms with E-state index in [1.807, 2.05) is 0 Å². The highest BCUT2D eigenvalue weighted by Crippen LogP contribution is 2.24. The van der Waals surface area contributed by atoms with Crippen molar-refractivity contribution in [3.05, 3.63) is 11.1 Å². The summed E-state index contributed by atoms with van der Waals surface area (Å²) in [6.45, 7) is 4.22. The number of thiazole rings is 1. The molecular formula is C14H17N9O5S. The molecule has 2 aromatic heterocycles. The van der Waals surface area contributed by atoms with Gasteiger partial charge in [0.1, 0.15) is 11.7 Å². The number of nitrogen functional groups attached to an aromatic ring is 1. The minimum Gasteiger partial charge on any atom is -0.478 e. The van der Waals surface area contributed by atoms with Crippen LogP contribution in [0.25, 0.3) is 0 Å². The molecule has 0 saturated carbocycles. The second kappa shape index (κ2) is 7.42. The Labute approximate surface area is 167 Å². The minimum absolute atomic E-state index is 0.0839. The Hall–Kier alpha value is -3.62. The Bertz CT molecular complexity index is 970. The van der Waals surface area contributed by atoms with Crippen molar-refractivity contribution < 1.29 is 24.3 Å². The van der Waals surface area contributed by atoms with Gasteiger partial charge in [-0.3, -0.25) is 14.5 Å². The lowest BCUT2D eigenvalue weighted by atomic mass is 9.97. The van der Waals surface area contributed by atoms with Gasteiger partial charge in [0.2, 0.25) is 5.60 Å². The van der Waals surface area contributed by atoms with E-state index in [0.717, 1.165) is 11.3 Å². The maximum Gasteiger partial charge on any atom is 0.350 e. The third-order valence-corrected chi connectivity index (χ3v) is 4.76. The number of tetrazole rings is 1. The van der Waals surface area contributed by atoms with Crippen LogP contribution in [0.1, 0.15) is 26.5 Å². The van der Waals surface area contributed by atoms with E-state index >= 15 is 0 Å². The van der Waals surface area contributed by atoms with Crippen molar-refractivity contribution in [3.8, 4) is 0 Å². The van der Waals surface area contributed by atoms with Gasteiger partial charge in [-0.15, -0.1) is 16.4 Å². The molecule has 3 heterocycles. The van der Waals surface area contributed by atoms with Crippen LogP contribution in [0.2, 0.25) is 0 Å². The number of H-pyrrole nitrogens is 1. The van der Waals surface area contributed by atoms with Gasteiger partial charge in [-0.25, -0.2) is 9.78 Å². The number of oxime groups is 1. The number of β-lactam (4-membered cyclic amide) rings is 1. The zero-order chi connectivity index (χ0) is 21.3. The number of hydrogen-bond acceptors (Lipinski definition) is 11. The molecule has 14 nitrogen and oxygen atoms in total. The topological polar surface area (TPSA) is 202 Å². The normalized spacial score (nSPS) is 19.6. The lowest BCUT2D eigenvalue weighted by Crippen LogP contribution is -2.70. The summed E-state index contributed by atoms with van der Waals surface area (Å²) in [6.07, 6.45) is 0. The number of hydrogen-bond donors (Lipinski definition) is 4. The highest BCUT2D eigenvalue weighted by atomic mass is 32.1. The fraction of sp³-hybridized carbons (Fsp3) is 0.429. The molecule has 0 unspecified atom stereocenters. The summed E-state index contributed by atoms with van der Waals surface area (Å²) in [5, 5.41) is 30.1. The van der Waals surface area contributed by atoms with E-state index in [-0.39, 0.29) is 22.5 Å². The summed E-state index contributed by atoms with van der Waals surface area (Å²) in [5.74, 6) is -2.43. The van der Waals surface area contributed by atoms with Gasteiger partial charge in [0, 0.05) is 5.38 Å². The minimum atomic E-state index is -1.69. The number of carbonyl (C=O) groups excluding carboxylic acids is 2. The summed E-state index contributed by atoms with van der Waals surface area (Å²) >= 11 is 1.06. The molecule has 15 heteroatoms. The molecule has 154 valence electrons. The number of aromatic amines is 1. The number of carboxylic acid groups (broad SMARTS) is 1. The molecule has 5 N–H and O–H groups in total. The zero-order valence-corrected chi connectivity index (χ0v) is 16.3. The number of carbonyl (C=O) groups is 3. The maximum absolute atomic E-state index is 12.8. The van der Waals surface area contributed by atoms with Gasteiger partial charge < -0.3 is 21.0 Å². The number of nitrogens with two attached hydrogens (primary N) is 1. The molecule has 1 saturated heterocycles. The van der Waals surface area contributed by atoms with Crippen molar-refractivity contribution in [2.24, 2.45) is 5.16 Å². The maximum atomic E-state index is 12.8. The average molecular weight is 423 g/mol. The first-order valence-electron chi connectivity index (χ1n) is 8.20. The van der Waals surface area contributed by atoms with Crippen LogP contribution in [-0.2, 0) is 19.2 Å². The summed E-state index contributed by atoms with van der Waals surface area (Å²) < 4.78 is 0. The number of rotatable bonds is 7. The molecular weight excluding hydrogens is 406 g/mol. The molecule has 0 bridgehead atoms. The highest BCUT2D eigenvalue weighted by Gasteiger charge is 2.48. The molecule has 3 rings (SSSR count). The first-order valence-corrected chi connectivity index (χ1v) is 9.08. The smallest absolute Gasteiger partial charge is 0.350 e. The van der Waals surface area contributed by atoms with Gasteiger partial charge in [0.25, 0.3) is 17.8 Å². The Morgan fingerprint density at radius 1 is 1.48 bits per heavy atom. The first kappa shape index (κ1) is 20.1. The monoisotopic (exact) mass is 423 g/mol. The van der Waals surface area contributed by atoms with Gasteiger partial charge in [-0.1, -0.05) is 10.3 Å². The van der Waals surface area contributed by atoms with Gasteiger partial charge >= 0.3 is 5.97 Å². The third kappa shape index (κ3) is 3.84. The predicted molar refractivity (Wildman–Crippen MR) is 98.9 cm³/mol. The van der Waals surface area contributed by atoms with Crippen molar-refractivity contribution in [1.29, 1.82) is 0 Å². The summed E-state index contributed by atoms with van der Waals surface area (Å²) in [6, 6.07) is -1.34. The van der Waals surface area contributed by atoms with Crippen molar-refractivity contribution in [2.75, 3.05) is 10.6 Å². The predicted octanol–water partition coefficient (Wildman–Crippen LogP) is -1.26. The molecule has 0 aliphatic carbocycles. The van der Waals surface area contributed by atoms with Crippen LogP contribution in [0, 0.1) is 0 Å². The van der Waals surface area contributed by atoms with E-state index < -0.39 is 35.5 Å². The van der Waals surface area contributed by atoms with E-state index in [2.05, 4.69) is 36.1 Å². The van der Waals surface area contributed by atoms with E-state index in [1.54, 1.807) is 6.92 Å². The number of amides is 2. The number of nitrogens with zero attached hydrogens (tertiary/aromatic N) is 6. The first-order chi connectivity index (χ1) is 13.6. The van der Waals surface area contributed by atoms with Crippen molar-refractivity contribution in [3.63, 3.8) is 0 Å². The zero-order valence-electron chi connectivity index (χ0n) is 15.5. The third-order valence-electron chi connectivity index (χ3n) is 4.09. The van der Waals surface area contributed by atoms with Crippen molar-refractivity contribution in [1.82, 2.24) is 30.9 Å². The Morgan fingerprint density at radius 2 is 2.21 bits per heavy atom. The molecule has 2 aromatic rings. The van der Waals surface area contributed by atoms with Crippen LogP contribution in [-0.4, -0.2) is 71.9 Å². The molecule has 0 aromatic carbocycles. The molecule has 2 atom stereocenters. The van der Waals surface area contributed by atoms with Crippen LogP contribution in [0.3, 0.4) is 0 Å². The Morgan fingerprint density at radius 3 is 2.72 bits per heavy atom. The van der Waals surface area contributed by atoms with Crippen molar-refractivity contribution >= 4 is 45.9 Å². The van der Waals surface area contributed by atoms with Gasteiger partial charge in [0.05, 0.1) is 6.04 Å². The number of aliphatic carboxylic acids is 1. The van der Waals surface area contributed by atoms with Crippen LogP contribution in [0.5, 0.6) is 0 Å². The van der Waals surface area contributed by atoms with Crippen LogP contribution in [0.15, 0.2) is 10.5 Å². The fourth-order valence-corrected chi connectivity index (χ4v) is 2.90. The van der Waals surface area contributed by atoms with Gasteiger partial charge in [-0.2, -0.15) is 5.21 Å². The molecule has 0 radical (unpaired) electrons. The molecule has 1 fully saturated rings. The largest absolute Gasteiger partial charge is 0.478 e. The summed E-state index contributed by atoms with van der Waals surface area (Å²) in [5.41, 5.74) is 3.68. The van der Waals surface area contributed by atoms with Crippen LogP contribution < -0.4 is 16.0 Å². The SMILES string of the molecule is C[C@H]1[C@H](NC(=O)/C(=N\OC(C)(C)C(=O)O)c2csc(N)n2)C(=O)N1c1nn[nH]n1. The molecule has 0 spiro atoms. The summed E-state index contributed by atoms with van der Waals surface area (Å²) in [4.78, 5) is 46.6. The lowest BCUT2D eigenvalue weighted by Gasteiger charge is -2.42. The van der Waals surface area contributed by atoms with Crippen LogP contribution >= 0.6 is 11.3 Å². The molecule has 1 aliphatic rings. The quantitative estimate of drug-likeness (QED) is 0.236. The van der Waals surface area contributed by atoms with Crippen molar-refractivity contribution in [2.45, 2.75) is 38.5 Å². The Balaban J connectivity index is 1.79. The standard InChI is InChI=1S/C14H17N9O5S/c1-5-7(10(25)23(5)13-18-21-22-19-13)17-9(24)8(6-4-29-12(15)16-6)20-28-14(2,3)11(26)27/h4-5,7H,1-3H3,(H2,15,16)(H,17,24)(H,26,27)(H,18,19,21,22)/b20-8-/t5-,7-/m0/s1. The van der Waals surface area contributed by atoms with Gasteiger partial charge in [-0.05, 0) is 26.0 Å².